The van der Waals surface area contributed by atoms with Crippen molar-refractivity contribution in [3.05, 3.63) is 22.3 Å². The average molecular weight is 452 g/mol. The molecule has 1 aromatic heterocycles. The molecule has 4 saturated carbocycles. The third-order valence-electron chi connectivity index (χ3n) is 6.73. The maximum atomic E-state index is 12.9. The molecule has 7 heteroatoms. The number of halogens is 1. The molecule has 1 amide bonds. The molecule has 6 nitrogen and oxygen atoms in total. The smallest absolute Gasteiger partial charge is 0.252 e. The summed E-state index contributed by atoms with van der Waals surface area (Å²) in [4.78, 5) is 17.1. The first-order valence-electron chi connectivity index (χ1n) is 10.4. The fraction of sp³-hybridized carbons (Fsp3) is 0.714. The molecule has 3 N–H and O–H groups in total. The number of likely N-dealkylation sites (N-methyl/N-ethyl adjacent to an activating group) is 1. The zero-order valence-corrected chi connectivity index (χ0v) is 18.0. The van der Waals surface area contributed by atoms with Crippen LogP contribution in [0.15, 0.2) is 16.7 Å². The van der Waals surface area contributed by atoms with Crippen LogP contribution >= 0.6 is 15.9 Å². The number of aliphatic hydroxyl groups is 1. The zero-order valence-electron chi connectivity index (χ0n) is 16.4. The third-order valence-corrected chi connectivity index (χ3v) is 7.36. The lowest BCUT2D eigenvalue weighted by Crippen LogP contribution is -2.51. The van der Waals surface area contributed by atoms with Crippen molar-refractivity contribution < 1.29 is 14.6 Å². The molecule has 0 saturated heterocycles. The highest BCUT2D eigenvalue weighted by molar-refractivity contribution is 9.10. The topological polar surface area (TPSA) is 83.5 Å². The fourth-order valence-corrected chi connectivity index (χ4v) is 6.41. The molecule has 154 valence electrons. The highest BCUT2D eigenvalue weighted by atomic mass is 79.9. The van der Waals surface area contributed by atoms with E-state index in [1.807, 2.05) is 0 Å². The van der Waals surface area contributed by atoms with Crippen molar-refractivity contribution in [1.29, 1.82) is 0 Å². The summed E-state index contributed by atoms with van der Waals surface area (Å²) >= 11 is 3.43. The number of ether oxygens (including phenoxy) is 1. The summed E-state index contributed by atoms with van der Waals surface area (Å²) in [5, 5.41) is 15.9. The predicted molar refractivity (Wildman–Crippen MR) is 110 cm³/mol. The Balaban J connectivity index is 1.37. The normalized spacial score (nSPS) is 31.6. The van der Waals surface area contributed by atoms with E-state index in [0.29, 0.717) is 27.9 Å². The quantitative estimate of drug-likeness (QED) is 0.565. The van der Waals surface area contributed by atoms with E-state index in [9.17, 15) is 9.90 Å². The van der Waals surface area contributed by atoms with E-state index in [1.165, 1.54) is 38.5 Å². The van der Waals surface area contributed by atoms with Gasteiger partial charge in [-0.05, 0) is 84.7 Å². The number of pyridine rings is 1. The highest BCUT2D eigenvalue weighted by Gasteiger charge is 2.50. The molecule has 0 spiro atoms. The molecule has 28 heavy (non-hydrogen) atoms. The summed E-state index contributed by atoms with van der Waals surface area (Å²) in [6.07, 6.45) is 9.00. The lowest BCUT2D eigenvalue weighted by molar-refractivity contribution is -0.0503. The van der Waals surface area contributed by atoms with Crippen LogP contribution in [0.3, 0.4) is 0 Å². The SMILES string of the molecule is CNC[C@H](O)COc1cc(C(=O)NCC23CC4CC(CC(C4)C2)C3)c(Br)cn1. The molecular formula is C21H30BrN3O3. The number of hydrogen-bond acceptors (Lipinski definition) is 5. The van der Waals surface area contributed by atoms with Gasteiger partial charge < -0.3 is 20.5 Å². The summed E-state index contributed by atoms with van der Waals surface area (Å²) in [7, 11) is 1.77. The van der Waals surface area contributed by atoms with Crippen molar-refractivity contribution in [2.45, 2.75) is 44.6 Å². The van der Waals surface area contributed by atoms with Crippen LogP contribution < -0.4 is 15.4 Å². The van der Waals surface area contributed by atoms with E-state index >= 15 is 0 Å². The molecule has 0 aromatic carbocycles. The van der Waals surface area contributed by atoms with Crippen LogP contribution in [0.25, 0.3) is 0 Å². The van der Waals surface area contributed by atoms with Gasteiger partial charge in [-0.3, -0.25) is 4.79 Å². The Bertz CT molecular complexity index is 692. The summed E-state index contributed by atoms with van der Waals surface area (Å²) in [6, 6.07) is 1.64. The van der Waals surface area contributed by atoms with Crippen LogP contribution in [0.1, 0.15) is 48.9 Å². The molecule has 0 radical (unpaired) electrons. The third kappa shape index (κ3) is 4.36. The van der Waals surface area contributed by atoms with Gasteiger partial charge in [0, 0.05) is 29.8 Å². The molecule has 0 aliphatic heterocycles. The zero-order chi connectivity index (χ0) is 19.7. The van der Waals surface area contributed by atoms with E-state index in [1.54, 1.807) is 19.3 Å². The number of carbonyl (C=O) groups excluding carboxylic acids is 1. The molecule has 4 aliphatic carbocycles. The van der Waals surface area contributed by atoms with Crippen LogP contribution in [0, 0.1) is 23.2 Å². The van der Waals surface area contributed by atoms with E-state index in [0.717, 1.165) is 24.3 Å². The van der Waals surface area contributed by atoms with Crippen LogP contribution in [0.4, 0.5) is 0 Å². The molecule has 4 bridgehead atoms. The number of hydrogen-bond donors (Lipinski definition) is 3. The van der Waals surface area contributed by atoms with Gasteiger partial charge >= 0.3 is 0 Å². The van der Waals surface area contributed by atoms with E-state index in [4.69, 9.17) is 4.74 Å². The fourth-order valence-electron chi connectivity index (χ4n) is 6.02. The number of aliphatic hydroxyl groups excluding tert-OH is 1. The maximum Gasteiger partial charge on any atom is 0.252 e. The molecule has 4 aliphatic rings. The standard InChI is InChI=1S/C21H30BrN3O3/c1-23-9-16(26)11-28-19-5-17(18(22)10-24-19)20(27)25-12-21-6-13-2-14(7-21)4-15(3-13)8-21/h5,10,13-16,23,26H,2-4,6-9,11-12H2,1H3,(H,25,27)/t13?,14?,15?,16-,21?/m0/s1. The number of nitrogens with zero attached hydrogens (tertiary/aromatic N) is 1. The summed E-state index contributed by atoms with van der Waals surface area (Å²) in [6.45, 7) is 1.33. The van der Waals surface area contributed by atoms with Crippen LogP contribution in [0.2, 0.25) is 0 Å². The van der Waals surface area contributed by atoms with Crippen molar-refractivity contribution in [2.24, 2.45) is 23.2 Å². The highest BCUT2D eigenvalue weighted by Crippen LogP contribution is 2.59. The maximum absolute atomic E-state index is 12.9. The monoisotopic (exact) mass is 451 g/mol. The number of amides is 1. The van der Waals surface area contributed by atoms with Crippen molar-refractivity contribution in [2.75, 3.05) is 26.7 Å². The average Bonchev–Trinajstić information content (AvgIpc) is 2.65. The van der Waals surface area contributed by atoms with E-state index < -0.39 is 6.10 Å². The number of rotatable bonds is 8. The first kappa shape index (κ1) is 20.1. The molecule has 1 atom stereocenters. The Hall–Kier alpha value is -1.18. The van der Waals surface area contributed by atoms with Crippen LogP contribution in [0.5, 0.6) is 5.88 Å². The predicted octanol–water partition coefficient (Wildman–Crippen LogP) is 2.75. The van der Waals surface area contributed by atoms with Crippen LogP contribution in [-0.2, 0) is 0 Å². The second-order valence-electron chi connectivity index (χ2n) is 9.13. The minimum Gasteiger partial charge on any atom is -0.475 e. The summed E-state index contributed by atoms with van der Waals surface area (Å²) in [5.74, 6) is 2.88. The molecular weight excluding hydrogens is 422 g/mol. The van der Waals surface area contributed by atoms with Gasteiger partial charge in [0.15, 0.2) is 0 Å². The number of nitrogens with one attached hydrogen (secondary N) is 2. The van der Waals surface area contributed by atoms with E-state index in [-0.39, 0.29) is 12.5 Å². The van der Waals surface area contributed by atoms with Crippen LogP contribution in [-0.4, -0.2) is 48.8 Å². The van der Waals surface area contributed by atoms with Crippen molar-refractivity contribution >= 4 is 21.8 Å². The molecule has 1 aromatic rings. The first-order valence-corrected chi connectivity index (χ1v) is 11.1. The lowest BCUT2D eigenvalue weighted by Gasteiger charge is -2.56. The summed E-state index contributed by atoms with van der Waals surface area (Å²) < 4.78 is 6.19. The Morgan fingerprint density at radius 1 is 1.32 bits per heavy atom. The molecule has 0 unspecified atom stereocenters. The van der Waals surface area contributed by atoms with Gasteiger partial charge in [-0.15, -0.1) is 0 Å². The van der Waals surface area contributed by atoms with Crippen molar-refractivity contribution in [3.8, 4) is 5.88 Å². The largest absolute Gasteiger partial charge is 0.475 e. The van der Waals surface area contributed by atoms with Gasteiger partial charge in [-0.1, -0.05) is 0 Å². The van der Waals surface area contributed by atoms with Crippen molar-refractivity contribution in [3.63, 3.8) is 0 Å². The summed E-state index contributed by atoms with van der Waals surface area (Å²) in [5.41, 5.74) is 0.832. The van der Waals surface area contributed by atoms with Gasteiger partial charge in [0.1, 0.15) is 12.7 Å². The van der Waals surface area contributed by atoms with Gasteiger partial charge in [-0.25, -0.2) is 4.98 Å². The minimum absolute atomic E-state index is 0.0920. The Labute approximate surface area is 175 Å². The molecule has 4 fully saturated rings. The van der Waals surface area contributed by atoms with Crippen molar-refractivity contribution in [1.82, 2.24) is 15.6 Å². The Kier molecular flexibility index (Phi) is 5.95. The second kappa shape index (κ2) is 8.28. The molecule has 5 rings (SSSR count). The van der Waals surface area contributed by atoms with Gasteiger partial charge in [-0.2, -0.15) is 0 Å². The van der Waals surface area contributed by atoms with Gasteiger partial charge in [0.2, 0.25) is 5.88 Å². The number of aromatic nitrogens is 1. The van der Waals surface area contributed by atoms with Gasteiger partial charge in [0.05, 0.1) is 5.56 Å². The second-order valence-corrected chi connectivity index (χ2v) is 9.98. The first-order chi connectivity index (χ1) is 13.5. The lowest BCUT2D eigenvalue weighted by atomic mass is 9.49. The van der Waals surface area contributed by atoms with Gasteiger partial charge in [0.25, 0.3) is 5.91 Å². The minimum atomic E-state index is -0.621. The van der Waals surface area contributed by atoms with E-state index in [2.05, 4.69) is 31.5 Å². The Morgan fingerprint density at radius 2 is 1.96 bits per heavy atom. The Morgan fingerprint density at radius 3 is 2.57 bits per heavy atom. The molecule has 1 heterocycles. The number of carbonyl (C=O) groups is 1.